The van der Waals surface area contributed by atoms with Crippen LogP contribution in [0, 0.1) is 0 Å². The number of hydroxylamine groups is 2. The Bertz CT molecular complexity index is 392. The molecular weight excluding hydrogens is 356 g/mol. The van der Waals surface area contributed by atoms with Crippen LogP contribution in [0.4, 0.5) is 0 Å². The first kappa shape index (κ1) is 23.1. The first-order valence-corrected chi connectivity index (χ1v) is 11.6. The lowest BCUT2D eigenvalue weighted by atomic mass is 9.96. The zero-order chi connectivity index (χ0) is 19.9. The number of carbonyl (C=O) groups is 2. The van der Waals surface area contributed by atoms with E-state index in [2.05, 4.69) is 11.0 Å². The van der Waals surface area contributed by atoms with Crippen molar-refractivity contribution in [3.63, 3.8) is 0 Å². The van der Waals surface area contributed by atoms with Crippen molar-refractivity contribution in [3.05, 3.63) is 0 Å². The van der Waals surface area contributed by atoms with Gasteiger partial charge in [-0.3, -0.25) is 9.59 Å². The molecule has 2 saturated carbocycles. The van der Waals surface area contributed by atoms with Crippen LogP contribution in [0.2, 0.25) is 0 Å². The molecule has 0 atom stereocenters. The Morgan fingerprint density at radius 1 is 0.571 bits per heavy atom. The molecule has 162 valence electrons. The summed E-state index contributed by atoms with van der Waals surface area (Å²) in [6.45, 7) is 0. The molecule has 0 aromatic carbocycles. The minimum Gasteiger partial charge on any atom is -0.370 e. The summed E-state index contributed by atoms with van der Waals surface area (Å²) in [5, 5.41) is 0. The minimum atomic E-state index is -0.140. The molecule has 0 aromatic rings. The highest BCUT2D eigenvalue weighted by Gasteiger charge is 2.15. The molecule has 0 amide bonds. The van der Waals surface area contributed by atoms with Crippen LogP contribution in [0.25, 0.3) is 0 Å². The highest BCUT2D eigenvalue weighted by Crippen LogP contribution is 2.18. The quantitative estimate of drug-likeness (QED) is 0.342. The average molecular weight is 397 g/mol. The summed E-state index contributed by atoms with van der Waals surface area (Å²) in [5.41, 5.74) is 5.87. The second kappa shape index (κ2) is 14.8. The zero-order valence-corrected chi connectivity index (χ0v) is 17.5. The normalized spacial score (nSPS) is 18.7. The average Bonchev–Trinajstić information content (AvgIpc) is 2.74. The third kappa shape index (κ3) is 11.0. The van der Waals surface area contributed by atoms with Crippen LogP contribution in [0.3, 0.4) is 0 Å². The second-order valence-corrected chi connectivity index (χ2v) is 8.48. The topological polar surface area (TPSA) is 76.7 Å². The summed E-state index contributed by atoms with van der Waals surface area (Å²) in [6.07, 6.45) is 18.9. The van der Waals surface area contributed by atoms with Gasteiger partial charge in [0.05, 0.1) is 0 Å². The summed E-state index contributed by atoms with van der Waals surface area (Å²) >= 11 is 0. The largest absolute Gasteiger partial charge is 0.370 e. The first-order valence-electron chi connectivity index (χ1n) is 11.6. The van der Waals surface area contributed by atoms with E-state index in [1.807, 2.05) is 0 Å². The van der Waals surface area contributed by atoms with Crippen molar-refractivity contribution in [3.8, 4) is 0 Å². The van der Waals surface area contributed by atoms with Crippen LogP contribution in [0.5, 0.6) is 0 Å². The predicted octanol–water partition coefficient (Wildman–Crippen LogP) is 4.87. The molecule has 0 spiro atoms. The van der Waals surface area contributed by atoms with Crippen molar-refractivity contribution < 1.29 is 19.3 Å². The molecule has 2 fully saturated rings. The van der Waals surface area contributed by atoms with Crippen molar-refractivity contribution >= 4 is 11.9 Å². The van der Waals surface area contributed by atoms with E-state index in [9.17, 15) is 9.59 Å². The van der Waals surface area contributed by atoms with E-state index in [4.69, 9.17) is 9.68 Å². The summed E-state index contributed by atoms with van der Waals surface area (Å²) in [5.74, 6) is -0.280. The maximum atomic E-state index is 11.7. The summed E-state index contributed by atoms with van der Waals surface area (Å²) in [4.78, 5) is 33.8. The molecule has 0 aliphatic heterocycles. The molecule has 2 N–H and O–H groups in total. The molecule has 28 heavy (non-hydrogen) atoms. The number of rotatable bonds is 13. The van der Waals surface area contributed by atoms with Gasteiger partial charge < -0.3 is 9.68 Å². The molecular formula is C22H40N2O4. The van der Waals surface area contributed by atoms with Crippen molar-refractivity contribution in [1.29, 1.82) is 0 Å². The molecule has 2 aliphatic carbocycles. The van der Waals surface area contributed by atoms with Gasteiger partial charge in [-0.2, -0.15) is 11.0 Å². The van der Waals surface area contributed by atoms with Gasteiger partial charge in [-0.25, -0.2) is 0 Å². The van der Waals surface area contributed by atoms with Crippen molar-refractivity contribution in [2.75, 3.05) is 0 Å². The van der Waals surface area contributed by atoms with Gasteiger partial charge in [0.1, 0.15) is 0 Å². The van der Waals surface area contributed by atoms with Gasteiger partial charge in [0.2, 0.25) is 0 Å². The molecule has 2 aliphatic rings. The van der Waals surface area contributed by atoms with Crippen molar-refractivity contribution in [1.82, 2.24) is 11.0 Å². The molecule has 6 heteroatoms. The summed E-state index contributed by atoms with van der Waals surface area (Å²) < 4.78 is 0. The summed E-state index contributed by atoms with van der Waals surface area (Å²) in [7, 11) is 0. The highest BCUT2D eigenvalue weighted by molar-refractivity contribution is 5.69. The van der Waals surface area contributed by atoms with E-state index in [0.29, 0.717) is 24.9 Å². The Balaban J connectivity index is 1.33. The standard InChI is InChI=1S/C22H40N2O4/c25-21(27-23-19-13-7-5-8-14-19)17-11-3-1-2-4-12-18-22(26)28-24-20-15-9-6-10-16-20/h19-20,23-24H,1-18H2. The third-order valence-corrected chi connectivity index (χ3v) is 5.90. The molecule has 0 saturated heterocycles. The lowest BCUT2D eigenvalue weighted by Gasteiger charge is -2.21. The fourth-order valence-corrected chi connectivity index (χ4v) is 4.09. The Hall–Kier alpha value is -1.14. The summed E-state index contributed by atoms with van der Waals surface area (Å²) in [6, 6.07) is 0.699. The predicted molar refractivity (Wildman–Crippen MR) is 109 cm³/mol. The maximum absolute atomic E-state index is 11.7. The van der Waals surface area contributed by atoms with Crippen LogP contribution >= 0.6 is 0 Å². The first-order chi connectivity index (χ1) is 13.7. The third-order valence-electron chi connectivity index (χ3n) is 5.90. The van der Waals surface area contributed by atoms with E-state index in [1.165, 1.54) is 38.5 Å². The number of hydrogen-bond donors (Lipinski definition) is 2. The molecule has 0 bridgehead atoms. The van der Waals surface area contributed by atoms with Gasteiger partial charge in [0, 0.05) is 24.9 Å². The Morgan fingerprint density at radius 2 is 0.929 bits per heavy atom. The molecule has 6 nitrogen and oxygen atoms in total. The van der Waals surface area contributed by atoms with Crippen LogP contribution in [0.1, 0.15) is 116 Å². The molecule has 0 heterocycles. The Kier molecular flexibility index (Phi) is 12.2. The lowest BCUT2D eigenvalue weighted by Crippen LogP contribution is -2.33. The van der Waals surface area contributed by atoms with Gasteiger partial charge >= 0.3 is 11.9 Å². The minimum absolute atomic E-state index is 0.140. The van der Waals surface area contributed by atoms with Gasteiger partial charge in [-0.1, -0.05) is 64.2 Å². The van der Waals surface area contributed by atoms with E-state index < -0.39 is 0 Å². The number of hydrogen-bond acceptors (Lipinski definition) is 6. The van der Waals surface area contributed by atoms with Crippen molar-refractivity contribution in [2.24, 2.45) is 0 Å². The second-order valence-electron chi connectivity index (χ2n) is 8.48. The van der Waals surface area contributed by atoms with Gasteiger partial charge in [0.25, 0.3) is 0 Å². The molecule has 2 rings (SSSR count). The van der Waals surface area contributed by atoms with Crippen LogP contribution in [-0.4, -0.2) is 24.0 Å². The maximum Gasteiger partial charge on any atom is 0.324 e. The van der Waals surface area contributed by atoms with Crippen LogP contribution < -0.4 is 11.0 Å². The monoisotopic (exact) mass is 396 g/mol. The van der Waals surface area contributed by atoms with E-state index in [-0.39, 0.29) is 11.9 Å². The highest BCUT2D eigenvalue weighted by atomic mass is 16.7. The van der Waals surface area contributed by atoms with Gasteiger partial charge in [-0.05, 0) is 38.5 Å². The van der Waals surface area contributed by atoms with Crippen molar-refractivity contribution in [2.45, 2.75) is 128 Å². The number of carbonyl (C=O) groups excluding carboxylic acids is 2. The zero-order valence-electron chi connectivity index (χ0n) is 17.5. The molecule has 0 aromatic heterocycles. The Morgan fingerprint density at radius 3 is 1.32 bits per heavy atom. The SMILES string of the molecule is O=C(CCCCCCCCC(=O)ONC1CCCCC1)ONC1CCCCC1. The van der Waals surface area contributed by atoms with E-state index >= 15 is 0 Å². The fraction of sp³-hybridized carbons (Fsp3) is 0.909. The van der Waals surface area contributed by atoms with E-state index in [1.54, 1.807) is 0 Å². The van der Waals surface area contributed by atoms with Gasteiger partial charge in [-0.15, -0.1) is 0 Å². The van der Waals surface area contributed by atoms with Crippen LogP contribution in [0.15, 0.2) is 0 Å². The molecule has 0 radical (unpaired) electrons. The lowest BCUT2D eigenvalue weighted by molar-refractivity contribution is -0.154. The smallest absolute Gasteiger partial charge is 0.324 e. The van der Waals surface area contributed by atoms with Crippen LogP contribution in [-0.2, 0) is 19.3 Å². The number of unbranched alkanes of at least 4 members (excludes halogenated alkanes) is 5. The van der Waals surface area contributed by atoms with E-state index in [0.717, 1.165) is 64.2 Å². The van der Waals surface area contributed by atoms with Gasteiger partial charge in [0.15, 0.2) is 0 Å². The molecule has 0 unspecified atom stereocenters. The Labute approximate surface area is 170 Å². The fourth-order valence-electron chi connectivity index (χ4n) is 4.09. The number of nitrogens with one attached hydrogen (secondary N) is 2.